The molecule has 0 radical (unpaired) electrons. The molecule has 0 spiro atoms. The van der Waals surface area contributed by atoms with Crippen molar-refractivity contribution in [2.24, 2.45) is 0 Å². The third-order valence-corrected chi connectivity index (χ3v) is 5.54. The first-order valence-corrected chi connectivity index (χ1v) is 10.2. The molecule has 1 N–H and O–H groups in total. The van der Waals surface area contributed by atoms with Crippen LogP contribution in [0.5, 0.6) is 0 Å². The van der Waals surface area contributed by atoms with E-state index in [4.69, 9.17) is 9.51 Å². The Morgan fingerprint density at radius 2 is 1.88 bits per heavy atom. The summed E-state index contributed by atoms with van der Waals surface area (Å²) in [4.78, 5) is 20.5. The van der Waals surface area contributed by atoms with Gasteiger partial charge in [0.05, 0.1) is 34.5 Å². The molecule has 0 saturated heterocycles. The summed E-state index contributed by atoms with van der Waals surface area (Å²) >= 11 is 0. The summed E-state index contributed by atoms with van der Waals surface area (Å²) in [5, 5.41) is 13.3. The van der Waals surface area contributed by atoms with Gasteiger partial charge in [0.25, 0.3) is 0 Å². The average Bonchev–Trinajstić information content (AvgIpc) is 3.33. The van der Waals surface area contributed by atoms with Crippen molar-refractivity contribution in [3.63, 3.8) is 0 Å². The SMILES string of the molecule is Cc1noc(C)c1-c1cnc2c(-c3ccc(C(=O)O)cc3)cn(Cc3ccccn3)c2c1. The monoisotopic (exact) mass is 424 g/mol. The lowest BCUT2D eigenvalue weighted by atomic mass is 10.0. The summed E-state index contributed by atoms with van der Waals surface area (Å²) in [7, 11) is 0. The van der Waals surface area contributed by atoms with Crippen LogP contribution >= 0.6 is 0 Å². The van der Waals surface area contributed by atoms with E-state index < -0.39 is 5.97 Å². The van der Waals surface area contributed by atoms with Gasteiger partial charge in [0.15, 0.2) is 0 Å². The fourth-order valence-corrected chi connectivity index (χ4v) is 4.00. The fraction of sp³-hybridized carbons (Fsp3) is 0.120. The Morgan fingerprint density at radius 3 is 2.53 bits per heavy atom. The zero-order chi connectivity index (χ0) is 22.2. The summed E-state index contributed by atoms with van der Waals surface area (Å²) in [5.74, 6) is -0.202. The molecular weight excluding hydrogens is 404 g/mol. The highest BCUT2D eigenvalue weighted by atomic mass is 16.5. The van der Waals surface area contributed by atoms with Gasteiger partial charge in [0, 0.05) is 35.3 Å². The number of carboxylic acids is 1. The molecule has 158 valence electrons. The van der Waals surface area contributed by atoms with Crippen molar-refractivity contribution in [2.45, 2.75) is 20.4 Å². The molecule has 0 atom stereocenters. The number of aryl methyl sites for hydroxylation is 2. The van der Waals surface area contributed by atoms with Gasteiger partial charge >= 0.3 is 5.97 Å². The number of aromatic nitrogens is 4. The summed E-state index contributed by atoms with van der Waals surface area (Å²) in [5.41, 5.74) is 7.48. The molecule has 0 aliphatic heterocycles. The molecule has 1 aromatic carbocycles. The number of rotatable bonds is 5. The van der Waals surface area contributed by atoms with Crippen molar-refractivity contribution in [1.82, 2.24) is 19.7 Å². The van der Waals surface area contributed by atoms with Crippen molar-refractivity contribution >= 4 is 17.0 Å². The zero-order valence-corrected chi connectivity index (χ0v) is 17.6. The number of fused-ring (bicyclic) bond motifs is 1. The Morgan fingerprint density at radius 1 is 1.06 bits per heavy atom. The number of hydrogen-bond donors (Lipinski definition) is 1. The van der Waals surface area contributed by atoms with Crippen LogP contribution in [0.4, 0.5) is 0 Å². The van der Waals surface area contributed by atoms with Gasteiger partial charge in [-0.3, -0.25) is 9.97 Å². The Kier molecular flexibility index (Phi) is 4.78. The van der Waals surface area contributed by atoms with Crippen LogP contribution in [0.1, 0.15) is 27.5 Å². The van der Waals surface area contributed by atoms with Crippen LogP contribution in [0.15, 0.2) is 71.6 Å². The number of aromatic carboxylic acids is 1. The molecule has 7 heteroatoms. The molecule has 7 nitrogen and oxygen atoms in total. The maximum Gasteiger partial charge on any atom is 0.335 e. The van der Waals surface area contributed by atoms with Crippen molar-refractivity contribution in [3.8, 4) is 22.3 Å². The summed E-state index contributed by atoms with van der Waals surface area (Å²) < 4.78 is 7.47. The Hall–Kier alpha value is -4.26. The first kappa shape index (κ1) is 19.7. The van der Waals surface area contributed by atoms with Crippen molar-refractivity contribution < 1.29 is 14.4 Å². The molecule has 0 aliphatic carbocycles. The molecule has 0 fully saturated rings. The summed E-state index contributed by atoms with van der Waals surface area (Å²) in [6, 6.07) is 14.8. The van der Waals surface area contributed by atoms with Gasteiger partial charge in [-0.2, -0.15) is 0 Å². The Bertz CT molecular complexity index is 1410. The lowest BCUT2D eigenvalue weighted by molar-refractivity contribution is 0.0697. The van der Waals surface area contributed by atoms with E-state index in [1.54, 1.807) is 18.3 Å². The van der Waals surface area contributed by atoms with Crippen LogP contribution < -0.4 is 0 Å². The van der Waals surface area contributed by atoms with Gasteiger partial charge in [-0.1, -0.05) is 23.4 Å². The lowest BCUT2D eigenvalue weighted by Gasteiger charge is -2.06. The quantitative estimate of drug-likeness (QED) is 0.421. The summed E-state index contributed by atoms with van der Waals surface area (Å²) in [6.45, 7) is 4.39. The van der Waals surface area contributed by atoms with E-state index >= 15 is 0 Å². The fourth-order valence-electron chi connectivity index (χ4n) is 4.00. The highest BCUT2D eigenvalue weighted by molar-refractivity contribution is 5.96. The number of nitrogens with zero attached hydrogens (tertiary/aromatic N) is 4. The molecular formula is C25H20N4O3. The zero-order valence-electron chi connectivity index (χ0n) is 17.6. The molecule has 4 aromatic heterocycles. The minimum Gasteiger partial charge on any atom is -0.478 e. The second kappa shape index (κ2) is 7.77. The van der Waals surface area contributed by atoms with E-state index in [0.29, 0.717) is 6.54 Å². The number of carboxylic acid groups (broad SMARTS) is 1. The predicted molar refractivity (Wildman–Crippen MR) is 120 cm³/mol. The molecule has 32 heavy (non-hydrogen) atoms. The lowest BCUT2D eigenvalue weighted by Crippen LogP contribution is -2.00. The van der Waals surface area contributed by atoms with Gasteiger partial charge in [-0.05, 0) is 49.7 Å². The minimum absolute atomic E-state index is 0.250. The van der Waals surface area contributed by atoms with Gasteiger partial charge in [0.1, 0.15) is 5.76 Å². The standard InChI is InChI=1S/C25H20N4O3/c1-15-23(16(2)32-28-15)19-11-22-24(27-12-19)21(17-6-8-18(9-7-17)25(30)31)14-29(22)13-20-5-3-4-10-26-20/h3-12,14H,13H2,1-2H3,(H,30,31). The molecule has 0 saturated carbocycles. The molecule has 5 aromatic rings. The minimum atomic E-state index is -0.948. The molecule has 0 amide bonds. The topological polar surface area (TPSA) is 94.0 Å². The number of carbonyl (C=O) groups is 1. The normalized spacial score (nSPS) is 11.2. The van der Waals surface area contributed by atoms with Gasteiger partial charge < -0.3 is 14.2 Å². The maximum absolute atomic E-state index is 11.2. The van der Waals surface area contributed by atoms with E-state index in [-0.39, 0.29) is 5.56 Å². The van der Waals surface area contributed by atoms with E-state index in [2.05, 4.69) is 20.8 Å². The van der Waals surface area contributed by atoms with Gasteiger partial charge in [0.2, 0.25) is 0 Å². The highest BCUT2D eigenvalue weighted by Gasteiger charge is 2.17. The Labute approximate surface area is 184 Å². The third kappa shape index (κ3) is 3.43. The molecule has 0 aliphatic rings. The van der Waals surface area contributed by atoms with Crippen LogP contribution in [-0.4, -0.2) is 30.8 Å². The first-order valence-electron chi connectivity index (χ1n) is 10.2. The van der Waals surface area contributed by atoms with Crippen LogP contribution in [0, 0.1) is 13.8 Å². The van der Waals surface area contributed by atoms with E-state index in [1.165, 1.54) is 0 Å². The molecule has 0 unspecified atom stereocenters. The second-order valence-electron chi connectivity index (χ2n) is 7.67. The number of benzene rings is 1. The number of hydrogen-bond acceptors (Lipinski definition) is 5. The third-order valence-electron chi connectivity index (χ3n) is 5.54. The smallest absolute Gasteiger partial charge is 0.335 e. The first-order chi connectivity index (χ1) is 15.5. The molecule has 4 heterocycles. The Balaban J connectivity index is 1.68. The van der Waals surface area contributed by atoms with E-state index in [0.717, 1.165) is 50.4 Å². The van der Waals surface area contributed by atoms with Gasteiger partial charge in [-0.15, -0.1) is 0 Å². The van der Waals surface area contributed by atoms with Crippen molar-refractivity contribution in [1.29, 1.82) is 0 Å². The van der Waals surface area contributed by atoms with Crippen LogP contribution in [0.2, 0.25) is 0 Å². The molecule has 0 bridgehead atoms. The maximum atomic E-state index is 11.2. The van der Waals surface area contributed by atoms with Crippen molar-refractivity contribution in [2.75, 3.05) is 0 Å². The summed E-state index contributed by atoms with van der Waals surface area (Å²) in [6.07, 6.45) is 5.65. The molecule has 5 rings (SSSR count). The number of pyridine rings is 2. The predicted octanol–water partition coefficient (Wildman–Crippen LogP) is 5.12. The van der Waals surface area contributed by atoms with Gasteiger partial charge in [-0.25, -0.2) is 4.79 Å². The van der Waals surface area contributed by atoms with Crippen LogP contribution in [0.25, 0.3) is 33.3 Å². The van der Waals surface area contributed by atoms with E-state index in [1.807, 2.05) is 56.6 Å². The van der Waals surface area contributed by atoms with Crippen LogP contribution in [0.3, 0.4) is 0 Å². The van der Waals surface area contributed by atoms with E-state index in [9.17, 15) is 9.90 Å². The second-order valence-corrected chi connectivity index (χ2v) is 7.67. The largest absolute Gasteiger partial charge is 0.478 e. The van der Waals surface area contributed by atoms with Crippen molar-refractivity contribution in [3.05, 3.63) is 89.8 Å². The van der Waals surface area contributed by atoms with Crippen LogP contribution in [-0.2, 0) is 6.54 Å². The highest BCUT2D eigenvalue weighted by Crippen LogP contribution is 2.34. The average molecular weight is 424 g/mol.